The molecule has 7 rings (SSSR count). The molecule has 3 aromatic heterocycles. The van der Waals surface area contributed by atoms with Crippen LogP contribution in [0.1, 0.15) is 31.3 Å². The summed E-state index contributed by atoms with van der Waals surface area (Å²) in [4.78, 5) is 38.0. The molecule has 0 saturated heterocycles. The number of pyridine rings is 1. The highest BCUT2D eigenvalue weighted by atomic mass is 35.5. The smallest absolute Gasteiger partial charge is 0.276 e. The maximum atomic E-state index is 14.4. The van der Waals surface area contributed by atoms with Gasteiger partial charge in [0.2, 0.25) is 0 Å². The van der Waals surface area contributed by atoms with Gasteiger partial charge in [0.05, 0.1) is 21.9 Å². The number of nitrogens with one attached hydrogen (secondary N) is 2. The zero-order valence-electron chi connectivity index (χ0n) is 23.3. The second kappa shape index (κ2) is 11.0. The number of amides is 2. The van der Waals surface area contributed by atoms with E-state index >= 15 is 0 Å². The molecule has 6 nitrogen and oxygen atoms in total. The number of nitrogens with zero attached hydrogens (tertiary/aromatic N) is 2. The van der Waals surface area contributed by atoms with Crippen LogP contribution in [0.15, 0.2) is 85.1 Å². The third-order valence-corrected chi connectivity index (χ3v) is 9.17. The van der Waals surface area contributed by atoms with Gasteiger partial charge in [-0.05, 0) is 85.1 Å². The van der Waals surface area contributed by atoms with Crippen molar-refractivity contribution in [2.45, 2.75) is 13.3 Å². The van der Waals surface area contributed by atoms with E-state index in [0.717, 1.165) is 21.5 Å². The van der Waals surface area contributed by atoms with E-state index in [9.17, 15) is 18.4 Å². The van der Waals surface area contributed by atoms with Crippen LogP contribution < -0.4 is 10.2 Å². The predicted molar refractivity (Wildman–Crippen MR) is 171 cm³/mol. The number of benzene rings is 3. The Balaban J connectivity index is 1.23. The first-order valence-corrected chi connectivity index (χ1v) is 15.0. The van der Waals surface area contributed by atoms with Crippen LogP contribution in [0, 0.1) is 18.6 Å². The molecule has 2 amide bonds. The van der Waals surface area contributed by atoms with Crippen molar-refractivity contribution in [2.24, 2.45) is 0 Å². The van der Waals surface area contributed by atoms with Crippen LogP contribution in [0.2, 0.25) is 5.02 Å². The molecule has 44 heavy (non-hydrogen) atoms. The fraction of sp³-hybridized carbons (Fsp3) is 0.0882. The first kappa shape index (κ1) is 27.9. The van der Waals surface area contributed by atoms with Gasteiger partial charge in [0.25, 0.3) is 11.8 Å². The standard InChI is InChI=1S/C34H23ClF2N4O2S/c1-18-4-2-5-25(37)31(18)40-33(42)30-14-19-12-13-41(29-15-20(35)8-10-22(29)32(19)44-30)34(43)28-7-3-6-27(39-28)24-17-38-26-11-9-21(36)16-23(24)26/h2-11,14-17,38H,12-13H2,1H3,(H,40,42). The summed E-state index contributed by atoms with van der Waals surface area (Å²) in [6.45, 7) is 2.05. The third kappa shape index (κ3) is 4.94. The number of H-pyrrole nitrogens is 1. The second-order valence-electron chi connectivity index (χ2n) is 10.5. The number of carbonyl (C=O) groups is 2. The van der Waals surface area contributed by atoms with Crippen molar-refractivity contribution >= 4 is 57.0 Å². The number of carbonyl (C=O) groups excluding carboxylic acids is 2. The summed E-state index contributed by atoms with van der Waals surface area (Å²) in [7, 11) is 0. The molecule has 10 heteroatoms. The van der Waals surface area contributed by atoms with Crippen molar-refractivity contribution < 1.29 is 18.4 Å². The van der Waals surface area contributed by atoms with Crippen molar-refractivity contribution in [1.29, 1.82) is 0 Å². The number of anilines is 2. The molecule has 0 unspecified atom stereocenters. The van der Waals surface area contributed by atoms with Crippen molar-refractivity contribution in [1.82, 2.24) is 9.97 Å². The summed E-state index contributed by atoms with van der Waals surface area (Å²) in [5.74, 6) is -1.58. The Bertz CT molecular complexity index is 2100. The molecule has 0 fully saturated rings. The maximum Gasteiger partial charge on any atom is 0.276 e. The first-order chi connectivity index (χ1) is 21.3. The zero-order chi connectivity index (χ0) is 30.5. The minimum absolute atomic E-state index is 0.151. The van der Waals surface area contributed by atoms with E-state index < -0.39 is 11.7 Å². The number of fused-ring (bicyclic) bond motifs is 4. The summed E-state index contributed by atoms with van der Waals surface area (Å²) < 4.78 is 28.4. The number of para-hydroxylation sites is 1. The van der Waals surface area contributed by atoms with Crippen molar-refractivity contribution in [3.63, 3.8) is 0 Å². The van der Waals surface area contributed by atoms with Crippen LogP contribution >= 0.6 is 22.9 Å². The van der Waals surface area contributed by atoms with Gasteiger partial charge in [-0.1, -0.05) is 29.8 Å². The van der Waals surface area contributed by atoms with Gasteiger partial charge in [0.15, 0.2) is 0 Å². The Labute approximate surface area is 259 Å². The third-order valence-electron chi connectivity index (χ3n) is 7.73. The van der Waals surface area contributed by atoms with E-state index in [1.165, 1.54) is 29.5 Å². The largest absolute Gasteiger partial charge is 0.360 e. The number of hydrogen-bond acceptors (Lipinski definition) is 4. The lowest BCUT2D eigenvalue weighted by Crippen LogP contribution is -2.33. The molecule has 0 saturated carbocycles. The van der Waals surface area contributed by atoms with Gasteiger partial charge in [-0.25, -0.2) is 13.8 Å². The molecule has 4 heterocycles. The fourth-order valence-electron chi connectivity index (χ4n) is 5.55. The molecular formula is C34H23ClF2N4O2S. The van der Waals surface area contributed by atoms with Crippen molar-refractivity contribution in [3.05, 3.63) is 123 Å². The summed E-state index contributed by atoms with van der Waals surface area (Å²) in [6.07, 6.45) is 2.22. The topological polar surface area (TPSA) is 78.1 Å². The number of aromatic amines is 1. The van der Waals surface area contributed by atoms with Crippen LogP contribution in [-0.4, -0.2) is 28.3 Å². The number of aromatic nitrogens is 2. The molecule has 2 N–H and O–H groups in total. The van der Waals surface area contributed by atoms with Crippen LogP contribution in [0.4, 0.5) is 20.2 Å². The van der Waals surface area contributed by atoms with E-state index in [1.54, 1.807) is 72.6 Å². The van der Waals surface area contributed by atoms with Crippen LogP contribution in [0.5, 0.6) is 0 Å². The highest BCUT2D eigenvalue weighted by molar-refractivity contribution is 7.17. The first-order valence-electron chi connectivity index (χ1n) is 13.8. The molecule has 0 atom stereocenters. The number of thiophene rings is 1. The Kier molecular flexibility index (Phi) is 6.99. The zero-order valence-corrected chi connectivity index (χ0v) is 24.8. The maximum absolute atomic E-state index is 14.4. The molecule has 218 valence electrons. The van der Waals surface area contributed by atoms with Crippen LogP contribution in [-0.2, 0) is 6.42 Å². The summed E-state index contributed by atoms with van der Waals surface area (Å²) in [6, 6.07) is 21.4. The van der Waals surface area contributed by atoms with Crippen molar-refractivity contribution in [2.75, 3.05) is 16.8 Å². The van der Waals surface area contributed by atoms with Gasteiger partial charge in [0, 0.05) is 44.7 Å². The van der Waals surface area contributed by atoms with E-state index in [0.29, 0.717) is 50.8 Å². The molecule has 3 aromatic carbocycles. The number of hydrogen-bond donors (Lipinski definition) is 2. The van der Waals surface area contributed by atoms with Crippen LogP contribution in [0.25, 0.3) is 32.6 Å². The second-order valence-corrected chi connectivity index (χ2v) is 12.0. The average molecular weight is 625 g/mol. The molecule has 0 radical (unpaired) electrons. The molecular weight excluding hydrogens is 602 g/mol. The minimum Gasteiger partial charge on any atom is -0.360 e. The lowest BCUT2D eigenvalue weighted by atomic mass is 10.1. The monoisotopic (exact) mass is 624 g/mol. The summed E-state index contributed by atoms with van der Waals surface area (Å²) in [5, 5.41) is 3.84. The van der Waals surface area contributed by atoms with E-state index in [4.69, 9.17) is 11.6 Å². The fourth-order valence-corrected chi connectivity index (χ4v) is 6.86. The van der Waals surface area contributed by atoms with Gasteiger partial charge in [0.1, 0.15) is 17.3 Å². The van der Waals surface area contributed by atoms with Crippen molar-refractivity contribution in [3.8, 4) is 21.7 Å². The molecule has 0 aliphatic carbocycles. The Morgan fingerprint density at radius 2 is 1.84 bits per heavy atom. The minimum atomic E-state index is -0.500. The quantitative estimate of drug-likeness (QED) is 0.206. The highest BCUT2D eigenvalue weighted by Gasteiger charge is 2.29. The van der Waals surface area contributed by atoms with E-state index in [2.05, 4.69) is 15.3 Å². The summed E-state index contributed by atoms with van der Waals surface area (Å²) in [5.41, 5.74) is 5.24. The molecule has 0 bridgehead atoms. The normalized spacial score (nSPS) is 12.5. The van der Waals surface area contributed by atoms with Gasteiger partial charge >= 0.3 is 0 Å². The lowest BCUT2D eigenvalue weighted by molar-refractivity contribution is 0.0981. The molecule has 1 aliphatic rings. The average Bonchev–Trinajstić information content (AvgIpc) is 3.60. The number of aryl methyl sites for hydroxylation is 1. The number of halogens is 3. The van der Waals surface area contributed by atoms with E-state index in [1.807, 2.05) is 6.07 Å². The highest BCUT2D eigenvalue weighted by Crippen LogP contribution is 2.43. The van der Waals surface area contributed by atoms with Gasteiger partial charge in [-0.2, -0.15) is 0 Å². The van der Waals surface area contributed by atoms with Crippen LogP contribution in [0.3, 0.4) is 0 Å². The number of rotatable bonds is 4. The molecule has 6 aromatic rings. The van der Waals surface area contributed by atoms with Gasteiger partial charge in [-0.15, -0.1) is 11.3 Å². The van der Waals surface area contributed by atoms with Gasteiger partial charge < -0.3 is 15.2 Å². The molecule has 0 spiro atoms. The predicted octanol–water partition coefficient (Wildman–Crippen LogP) is 8.65. The Morgan fingerprint density at radius 1 is 1.00 bits per heavy atom. The van der Waals surface area contributed by atoms with E-state index in [-0.39, 0.29) is 23.1 Å². The lowest BCUT2D eigenvalue weighted by Gasteiger charge is -2.23. The summed E-state index contributed by atoms with van der Waals surface area (Å²) >= 11 is 7.71. The molecule has 1 aliphatic heterocycles. The SMILES string of the molecule is Cc1cccc(F)c1NC(=O)c1cc2c(s1)-c1ccc(Cl)cc1N(C(=O)c1cccc(-c3c[nH]c4ccc(F)cc34)n1)CC2. The van der Waals surface area contributed by atoms with Gasteiger partial charge in [-0.3, -0.25) is 9.59 Å². The Morgan fingerprint density at radius 3 is 2.68 bits per heavy atom. The Hall–Kier alpha value is -4.86.